The highest BCUT2D eigenvalue weighted by Crippen LogP contribution is 2.31. The van der Waals surface area contributed by atoms with Crippen LogP contribution in [0.3, 0.4) is 0 Å². The Morgan fingerprint density at radius 1 is 1.24 bits per heavy atom. The topological polar surface area (TPSA) is 67.7 Å². The molecule has 0 saturated carbocycles. The fraction of sp³-hybridized carbons (Fsp3) is 0.364. The zero-order valence-electron chi connectivity index (χ0n) is 17.8. The molecule has 2 unspecified atom stereocenters. The average molecular weight is 468 g/mol. The predicted molar refractivity (Wildman–Crippen MR) is 109 cm³/mol. The zero-order valence-corrected chi connectivity index (χ0v) is 17.8. The number of carbonyl (C=O) groups excluding carboxylic acids is 1. The van der Waals surface area contributed by atoms with Crippen LogP contribution in [0.5, 0.6) is 5.75 Å². The van der Waals surface area contributed by atoms with Crippen LogP contribution >= 0.6 is 0 Å². The van der Waals surface area contributed by atoms with Gasteiger partial charge in [-0.25, -0.2) is 13.8 Å². The third-order valence-corrected chi connectivity index (χ3v) is 5.60. The van der Waals surface area contributed by atoms with Crippen molar-refractivity contribution in [3.63, 3.8) is 0 Å². The van der Waals surface area contributed by atoms with Crippen molar-refractivity contribution < 1.29 is 31.5 Å². The monoisotopic (exact) mass is 468 g/mol. The normalized spacial score (nSPS) is 18.6. The maximum Gasteiger partial charge on any atom is 0.395 e. The molecule has 0 aliphatic carbocycles. The van der Waals surface area contributed by atoms with E-state index in [0.717, 1.165) is 12.1 Å². The van der Waals surface area contributed by atoms with Gasteiger partial charge in [0, 0.05) is 19.3 Å². The number of rotatable bonds is 5. The Labute approximate surface area is 185 Å². The Hall–Kier alpha value is -3.21. The number of aromatic nitrogens is 2. The second-order valence-corrected chi connectivity index (χ2v) is 8.00. The van der Waals surface area contributed by atoms with E-state index in [1.807, 2.05) is 0 Å². The maximum absolute atomic E-state index is 14.0. The number of halogens is 5. The number of carbonyl (C=O) groups is 1. The molecule has 4 rings (SSSR count). The first-order valence-electron chi connectivity index (χ1n) is 10.2. The van der Waals surface area contributed by atoms with Crippen molar-refractivity contribution in [2.75, 3.05) is 13.1 Å². The SMILES string of the molecule is Cc1cc(OCc2c(F)cccc2F)c2nc(C)c(C(=O)NC3CNCC3C(F)(F)F)n2c1. The summed E-state index contributed by atoms with van der Waals surface area (Å²) in [7, 11) is 0. The molecule has 3 aromatic rings. The molecule has 0 bridgehead atoms. The number of pyridine rings is 1. The van der Waals surface area contributed by atoms with Crippen LogP contribution in [-0.2, 0) is 6.61 Å². The Morgan fingerprint density at radius 3 is 2.61 bits per heavy atom. The first-order chi connectivity index (χ1) is 15.6. The van der Waals surface area contributed by atoms with E-state index in [0.29, 0.717) is 5.56 Å². The molecule has 3 heterocycles. The number of nitrogens with zero attached hydrogens (tertiary/aromatic N) is 2. The molecule has 2 aromatic heterocycles. The summed E-state index contributed by atoms with van der Waals surface area (Å²) in [5, 5.41) is 5.11. The minimum Gasteiger partial charge on any atom is -0.485 e. The molecule has 1 fully saturated rings. The summed E-state index contributed by atoms with van der Waals surface area (Å²) in [5.41, 5.74) is 0.925. The van der Waals surface area contributed by atoms with Gasteiger partial charge in [-0.2, -0.15) is 13.2 Å². The van der Waals surface area contributed by atoms with Crippen LogP contribution in [0.15, 0.2) is 30.5 Å². The van der Waals surface area contributed by atoms with E-state index in [4.69, 9.17) is 4.74 Å². The minimum absolute atomic E-state index is 0.00665. The zero-order chi connectivity index (χ0) is 23.9. The molecule has 33 heavy (non-hydrogen) atoms. The summed E-state index contributed by atoms with van der Waals surface area (Å²) in [5.74, 6) is -3.75. The summed E-state index contributed by atoms with van der Waals surface area (Å²) in [6.07, 6.45) is -2.86. The van der Waals surface area contributed by atoms with Crippen molar-refractivity contribution in [2.24, 2.45) is 5.92 Å². The quantitative estimate of drug-likeness (QED) is 0.561. The summed E-state index contributed by atoms with van der Waals surface area (Å²) >= 11 is 0. The fourth-order valence-corrected chi connectivity index (χ4v) is 3.97. The maximum atomic E-state index is 14.0. The van der Waals surface area contributed by atoms with Crippen molar-refractivity contribution >= 4 is 11.6 Å². The molecule has 1 aliphatic rings. The molecule has 176 valence electrons. The number of ether oxygens (including phenoxy) is 1. The third kappa shape index (κ3) is 4.50. The van der Waals surface area contributed by atoms with Gasteiger partial charge in [0.05, 0.1) is 23.2 Å². The molecule has 1 aromatic carbocycles. The van der Waals surface area contributed by atoms with Crippen molar-refractivity contribution in [3.8, 4) is 5.75 Å². The highest BCUT2D eigenvalue weighted by Gasteiger charge is 2.47. The molecule has 1 aliphatic heterocycles. The summed E-state index contributed by atoms with van der Waals surface area (Å²) in [6, 6.07) is 3.95. The van der Waals surface area contributed by atoms with Gasteiger partial charge < -0.3 is 15.4 Å². The molecular weight excluding hydrogens is 447 g/mol. The second-order valence-electron chi connectivity index (χ2n) is 8.00. The smallest absolute Gasteiger partial charge is 0.395 e. The molecule has 0 spiro atoms. The van der Waals surface area contributed by atoms with E-state index in [9.17, 15) is 26.7 Å². The lowest BCUT2D eigenvalue weighted by Gasteiger charge is -2.22. The number of hydrogen-bond acceptors (Lipinski definition) is 4. The molecular formula is C22H21F5N4O2. The van der Waals surface area contributed by atoms with Crippen molar-refractivity contribution in [2.45, 2.75) is 32.7 Å². The van der Waals surface area contributed by atoms with Crippen molar-refractivity contribution in [1.82, 2.24) is 20.0 Å². The Bertz CT molecular complexity index is 1190. The molecule has 1 saturated heterocycles. The highest BCUT2D eigenvalue weighted by atomic mass is 19.4. The molecule has 11 heteroatoms. The number of amides is 1. The molecule has 2 atom stereocenters. The number of fused-ring (bicyclic) bond motifs is 1. The first-order valence-corrected chi connectivity index (χ1v) is 10.2. The molecule has 6 nitrogen and oxygen atoms in total. The third-order valence-electron chi connectivity index (χ3n) is 5.60. The number of nitrogens with one attached hydrogen (secondary N) is 2. The number of alkyl halides is 3. The predicted octanol–water partition coefficient (Wildman–Crippen LogP) is 3.69. The lowest BCUT2D eigenvalue weighted by Crippen LogP contribution is -2.45. The standard InChI is InChI=1S/C22H21F5N4O2/c1-11-6-18(33-10-13-15(23)4-3-5-16(13)24)20-29-12(2)19(31(20)9-11)21(32)30-17-8-28-7-14(17)22(25,26)27/h3-6,9,14,17,28H,7-8,10H2,1-2H3,(H,30,32). The summed E-state index contributed by atoms with van der Waals surface area (Å²) < 4.78 is 74.7. The van der Waals surface area contributed by atoms with Crippen LogP contribution in [0.1, 0.15) is 27.3 Å². The lowest BCUT2D eigenvalue weighted by atomic mass is 10.0. The minimum atomic E-state index is -4.45. The van der Waals surface area contributed by atoms with Crippen LogP contribution in [0.25, 0.3) is 5.65 Å². The number of aryl methyl sites for hydroxylation is 2. The van der Waals surface area contributed by atoms with Gasteiger partial charge in [-0.3, -0.25) is 9.20 Å². The lowest BCUT2D eigenvalue weighted by molar-refractivity contribution is -0.173. The van der Waals surface area contributed by atoms with Gasteiger partial charge >= 0.3 is 6.18 Å². The van der Waals surface area contributed by atoms with Crippen LogP contribution < -0.4 is 15.4 Å². The van der Waals surface area contributed by atoms with Gasteiger partial charge in [0.15, 0.2) is 11.4 Å². The van der Waals surface area contributed by atoms with Crippen molar-refractivity contribution in [3.05, 3.63) is 64.6 Å². The van der Waals surface area contributed by atoms with Gasteiger partial charge in [-0.15, -0.1) is 0 Å². The van der Waals surface area contributed by atoms with Gasteiger partial charge in [-0.05, 0) is 37.6 Å². The highest BCUT2D eigenvalue weighted by molar-refractivity contribution is 5.95. The molecule has 1 amide bonds. The molecule has 2 N–H and O–H groups in total. The summed E-state index contributed by atoms with van der Waals surface area (Å²) in [4.78, 5) is 17.3. The van der Waals surface area contributed by atoms with E-state index < -0.39 is 42.3 Å². The molecule has 0 radical (unpaired) electrons. The van der Waals surface area contributed by atoms with Crippen LogP contribution in [0.2, 0.25) is 0 Å². The number of benzene rings is 1. The Morgan fingerprint density at radius 2 is 1.94 bits per heavy atom. The fourth-order valence-electron chi connectivity index (χ4n) is 3.97. The van der Waals surface area contributed by atoms with E-state index in [-0.39, 0.29) is 41.4 Å². The number of hydrogen-bond donors (Lipinski definition) is 2. The first kappa shape index (κ1) is 23.0. The second kappa shape index (κ2) is 8.62. The van der Waals surface area contributed by atoms with Crippen LogP contribution in [0, 0.1) is 31.4 Å². The number of imidazole rings is 1. The van der Waals surface area contributed by atoms with Crippen LogP contribution in [0.4, 0.5) is 22.0 Å². The van der Waals surface area contributed by atoms with Gasteiger partial charge in [0.25, 0.3) is 5.91 Å². The van der Waals surface area contributed by atoms with Crippen molar-refractivity contribution in [1.29, 1.82) is 0 Å². The Balaban J connectivity index is 1.64. The van der Waals surface area contributed by atoms with Gasteiger partial charge in [0.2, 0.25) is 0 Å². The van der Waals surface area contributed by atoms with Gasteiger partial charge in [-0.1, -0.05) is 6.07 Å². The van der Waals surface area contributed by atoms with E-state index in [2.05, 4.69) is 15.6 Å². The largest absolute Gasteiger partial charge is 0.485 e. The van der Waals surface area contributed by atoms with E-state index in [1.54, 1.807) is 26.1 Å². The Kier molecular flexibility index (Phi) is 6.00. The summed E-state index contributed by atoms with van der Waals surface area (Å²) in [6.45, 7) is 2.57. The van der Waals surface area contributed by atoms with Gasteiger partial charge in [0.1, 0.15) is 23.9 Å². The van der Waals surface area contributed by atoms with E-state index >= 15 is 0 Å². The average Bonchev–Trinajstić information content (AvgIpc) is 3.31. The van der Waals surface area contributed by atoms with E-state index in [1.165, 1.54) is 10.5 Å². The van der Waals surface area contributed by atoms with Crippen LogP contribution in [-0.4, -0.2) is 40.6 Å².